The zero-order valence-electron chi connectivity index (χ0n) is 12.5. The van der Waals surface area contributed by atoms with Gasteiger partial charge in [-0.3, -0.25) is 9.59 Å². The molecule has 0 spiro atoms. The standard InChI is InChI=1S/C16H12Cl2N2O4/c1-8-6-13-19-14(15(22)16(23)20(13)24-8)12(21)5-3-9-2-4-10(17)11(18)7-9/h2,4,6-7,22H,3,5H2,1H3. The van der Waals surface area contributed by atoms with Crippen molar-refractivity contribution in [2.24, 2.45) is 0 Å². The number of aromatic nitrogens is 2. The minimum atomic E-state index is -0.814. The lowest BCUT2D eigenvalue weighted by molar-refractivity contribution is 0.0974. The summed E-state index contributed by atoms with van der Waals surface area (Å²) in [4.78, 5) is 28.4. The number of carbonyl (C=O) groups is 1. The molecule has 3 rings (SSSR count). The number of carbonyl (C=O) groups excluding carboxylic acids is 1. The molecular formula is C16H12Cl2N2O4. The summed E-state index contributed by atoms with van der Waals surface area (Å²) in [6, 6.07) is 6.58. The predicted octanol–water partition coefficient (Wildman–Crippen LogP) is 3.42. The van der Waals surface area contributed by atoms with Gasteiger partial charge in [0.15, 0.2) is 17.1 Å². The highest BCUT2D eigenvalue weighted by Gasteiger charge is 2.20. The van der Waals surface area contributed by atoms with Gasteiger partial charge in [-0.2, -0.15) is 0 Å². The van der Waals surface area contributed by atoms with Crippen molar-refractivity contribution in [1.82, 2.24) is 9.56 Å². The summed E-state index contributed by atoms with van der Waals surface area (Å²) in [7, 11) is 0. The number of rotatable bonds is 4. The summed E-state index contributed by atoms with van der Waals surface area (Å²) in [5.41, 5.74) is -0.0887. The SMILES string of the molecule is Cc1cc2nc(C(=O)CCc3ccc(Cl)c(Cl)c3)c(O)c(=O)n2o1. The number of nitrogens with zero attached hydrogens (tertiary/aromatic N) is 2. The minimum absolute atomic E-state index is 0.0605. The van der Waals surface area contributed by atoms with Crippen LogP contribution in [0.3, 0.4) is 0 Å². The number of benzene rings is 1. The zero-order valence-corrected chi connectivity index (χ0v) is 14.1. The van der Waals surface area contributed by atoms with Crippen molar-refractivity contribution in [3.63, 3.8) is 0 Å². The molecular weight excluding hydrogens is 355 g/mol. The van der Waals surface area contributed by atoms with Gasteiger partial charge in [0.2, 0.25) is 5.75 Å². The first-order valence-corrected chi connectivity index (χ1v) is 7.82. The number of Topliss-reactive ketones (excluding diaryl/α,β-unsaturated/α-hetero) is 1. The predicted molar refractivity (Wildman–Crippen MR) is 89.2 cm³/mol. The second-order valence-electron chi connectivity index (χ2n) is 5.28. The summed E-state index contributed by atoms with van der Waals surface area (Å²) >= 11 is 11.8. The Balaban J connectivity index is 1.87. The molecule has 8 heteroatoms. The second-order valence-corrected chi connectivity index (χ2v) is 6.10. The van der Waals surface area contributed by atoms with Crippen LogP contribution < -0.4 is 5.56 Å². The van der Waals surface area contributed by atoms with E-state index in [1.165, 1.54) is 6.07 Å². The van der Waals surface area contributed by atoms with Gasteiger partial charge >= 0.3 is 5.56 Å². The number of hydrogen-bond acceptors (Lipinski definition) is 5. The monoisotopic (exact) mass is 366 g/mol. The Morgan fingerprint density at radius 3 is 2.75 bits per heavy atom. The molecule has 0 saturated carbocycles. The van der Waals surface area contributed by atoms with Crippen LogP contribution in [0.15, 0.2) is 33.6 Å². The molecule has 0 atom stereocenters. The summed E-state index contributed by atoms with van der Waals surface area (Å²) in [6.45, 7) is 1.64. The Labute approximate surface area is 146 Å². The molecule has 0 fully saturated rings. The van der Waals surface area contributed by atoms with Crippen LogP contribution in [0, 0.1) is 6.92 Å². The Morgan fingerprint density at radius 1 is 1.29 bits per heavy atom. The highest BCUT2D eigenvalue weighted by atomic mass is 35.5. The molecule has 6 nitrogen and oxygen atoms in total. The molecule has 0 aliphatic carbocycles. The van der Waals surface area contributed by atoms with Gasteiger partial charge in [0.25, 0.3) is 0 Å². The van der Waals surface area contributed by atoms with Gasteiger partial charge in [0, 0.05) is 12.5 Å². The van der Waals surface area contributed by atoms with Crippen molar-refractivity contribution in [2.75, 3.05) is 0 Å². The van der Waals surface area contributed by atoms with E-state index >= 15 is 0 Å². The van der Waals surface area contributed by atoms with Crippen molar-refractivity contribution in [3.05, 3.63) is 61.7 Å². The van der Waals surface area contributed by atoms with Crippen molar-refractivity contribution in [2.45, 2.75) is 19.8 Å². The van der Waals surface area contributed by atoms with Crippen molar-refractivity contribution >= 4 is 34.6 Å². The van der Waals surface area contributed by atoms with E-state index in [4.69, 9.17) is 27.7 Å². The van der Waals surface area contributed by atoms with Gasteiger partial charge in [-0.05, 0) is 31.0 Å². The molecule has 124 valence electrons. The highest BCUT2D eigenvalue weighted by molar-refractivity contribution is 6.42. The van der Waals surface area contributed by atoms with E-state index < -0.39 is 17.1 Å². The molecule has 0 unspecified atom stereocenters. The topological polar surface area (TPSA) is 84.8 Å². The lowest BCUT2D eigenvalue weighted by Crippen LogP contribution is -2.17. The molecule has 0 saturated heterocycles. The Hall–Kier alpha value is -2.31. The fourth-order valence-electron chi connectivity index (χ4n) is 2.31. The first kappa shape index (κ1) is 16.5. The second kappa shape index (κ2) is 6.30. The average Bonchev–Trinajstić information content (AvgIpc) is 2.92. The molecule has 3 aromatic rings. The van der Waals surface area contributed by atoms with Gasteiger partial charge in [-0.25, -0.2) is 4.98 Å². The molecule has 1 N–H and O–H groups in total. The maximum atomic E-state index is 12.3. The van der Waals surface area contributed by atoms with Crippen LogP contribution >= 0.6 is 23.2 Å². The molecule has 0 aliphatic heterocycles. The van der Waals surface area contributed by atoms with Crippen LogP contribution in [0.2, 0.25) is 10.0 Å². The fourth-order valence-corrected chi connectivity index (χ4v) is 2.63. The third-order valence-corrected chi connectivity index (χ3v) is 4.24. The maximum absolute atomic E-state index is 12.3. The smallest absolute Gasteiger partial charge is 0.329 e. The Morgan fingerprint density at radius 2 is 2.04 bits per heavy atom. The Kier molecular flexibility index (Phi) is 4.34. The zero-order chi connectivity index (χ0) is 17.4. The van der Waals surface area contributed by atoms with E-state index in [2.05, 4.69) is 4.98 Å². The first-order valence-electron chi connectivity index (χ1n) is 7.06. The number of fused-ring (bicyclic) bond motifs is 1. The third kappa shape index (κ3) is 3.02. The van der Waals surface area contributed by atoms with Crippen LogP contribution in [0.1, 0.15) is 28.2 Å². The maximum Gasteiger partial charge on any atom is 0.329 e. The lowest BCUT2D eigenvalue weighted by atomic mass is 10.1. The molecule has 24 heavy (non-hydrogen) atoms. The summed E-state index contributed by atoms with van der Waals surface area (Å²) in [5.74, 6) is -0.725. The quantitative estimate of drug-likeness (QED) is 0.715. The molecule has 0 amide bonds. The van der Waals surface area contributed by atoms with E-state index in [-0.39, 0.29) is 17.8 Å². The molecule has 0 radical (unpaired) electrons. The number of hydrogen-bond donors (Lipinski definition) is 1. The summed E-state index contributed by atoms with van der Waals surface area (Å²) < 4.78 is 5.96. The normalized spacial score (nSPS) is 11.1. The van der Waals surface area contributed by atoms with Crippen molar-refractivity contribution in [1.29, 1.82) is 0 Å². The fraction of sp³-hybridized carbons (Fsp3) is 0.188. The van der Waals surface area contributed by atoms with E-state index in [0.29, 0.717) is 22.2 Å². The number of halogens is 2. The first-order chi connectivity index (χ1) is 11.4. The van der Waals surface area contributed by atoms with Crippen molar-refractivity contribution < 1.29 is 14.4 Å². The molecule has 0 aliphatic rings. The lowest BCUT2D eigenvalue weighted by Gasteiger charge is -2.04. The van der Waals surface area contributed by atoms with Gasteiger partial charge in [-0.15, -0.1) is 4.57 Å². The van der Waals surface area contributed by atoms with E-state index in [1.807, 2.05) is 0 Å². The number of aromatic hydroxyl groups is 1. The van der Waals surface area contributed by atoms with Crippen molar-refractivity contribution in [3.8, 4) is 5.75 Å². The van der Waals surface area contributed by atoms with E-state index in [1.54, 1.807) is 25.1 Å². The third-order valence-electron chi connectivity index (χ3n) is 3.50. The largest absolute Gasteiger partial charge is 0.501 e. The van der Waals surface area contributed by atoms with Gasteiger partial charge in [0.05, 0.1) is 10.0 Å². The van der Waals surface area contributed by atoms with Gasteiger partial charge in [-0.1, -0.05) is 29.3 Å². The van der Waals surface area contributed by atoms with E-state index in [9.17, 15) is 14.7 Å². The summed E-state index contributed by atoms with van der Waals surface area (Å²) in [6.07, 6.45) is 0.436. The number of ketones is 1. The Bertz CT molecular complexity index is 1010. The molecule has 0 bridgehead atoms. The van der Waals surface area contributed by atoms with Gasteiger partial charge in [0.1, 0.15) is 5.76 Å². The van der Waals surface area contributed by atoms with E-state index in [0.717, 1.165) is 10.1 Å². The van der Waals surface area contributed by atoms with Gasteiger partial charge < -0.3 is 9.63 Å². The minimum Gasteiger partial charge on any atom is -0.501 e. The molecule has 2 heterocycles. The van der Waals surface area contributed by atoms with Crippen LogP contribution in [0.5, 0.6) is 5.75 Å². The van der Waals surface area contributed by atoms with Crippen LogP contribution in [0.25, 0.3) is 5.65 Å². The average molecular weight is 367 g/mol. The molecule has 1 aromatic carbocycles. The van der Waals surface area contributed by atoms with Crippen LogP contribution in [0.4, 0.5) is 0 Å². The number of aryl methyl sites for hydroxylation is 2. The highest BCUT2D eigenvalue weighted by Crippen LogP contribution is 2.23. The molecule has 2 aromatic heterocycles. The van der Waals surface area contributed by atoms with Crippen LogP contribution in [-0.2, 0) is 6.42 Å². The summed E-state index contributed by atoms with van der Waals surface area (Å²) in [5, 5.41) is 10.8. The van der Waals surface area contributed by atoms with Crippen LogP contribution in [-0.4, -0.2) is 20.4 Å².